The van der Waals surface area contributed by atoms with Gasteiger partial charge in [-0.2, -0.15) is 0 Å². The molecule has 4 rings (SSSR count). The Kier molecular flexibility index (Phi) is 8.97. The maximum absolute atomic E-state index is 12.8. The zero-order valence-corrected chi connectivity index (χ0v) is 20.8. The second-order valence-electron chi connectivity index (χ2n) is 9.80. The standard InChI is InChI=1S/C28H40N4O2/c1-30-16-18-32(19-17-30)26-14-15-31(21-23-8-4-3-5-9-23)22-25(26)12-13-28(33)29-20-24-10-6-7-11-27(24)34-2/h3-11,25-26H,12-22H2,1-2H3,(H,29,33)/t25-,26+/m0/s1. The van der Waals surface area contributed by atoms with E-state index >= 15 is 0 Å². The van der Waals surface area contributed by atoms with Crippen molar-refractivity contribution in [3.8, 4) is 5.75 Å². The van der Waals surface area contributed by atoms with Gasteiger partial charge in [0.1, 0.15) is 5.75 Å². The molecule has 6 heteroatoms. The molecule has 1 amide bonds. The fourth-order valence-corrected chi connectivity index (χ4v) is 5.45. The van der Waals surface area contributed by atoms with Crippen LogP contribution in [0.25, 0.3) is 0 Å². The Balaban J connectivity index is 1.34. The number of hydrogen-bond acceptors (Lipinski definition) is 5. The Morgan fingerprint density at radius 3 is 2.50 bits per heavy atom. The molecule has 0 saturated carbocycles. The quantitative estimate of drug-likeness (QED) is 0.618. The van der Waals surface area contributed by atoms with E-state index in [0.717, 1.165) is 63.5 Å². The summed E-state index contributed by atoms with van der Waals surface area (Å²) in [6.07, 6.45) is 2.69. The Morgan fingerprint density at radius 1 is 1.00 bits per heavy atom. The van der Waals surface area contributed by atoms with Crippen LogP contribution < -0.4 is 10.1 Å². The largest absolute Gasteiger partial charge is 0.496 e. The molecule has 0 spiro atoms. The van der Waals surface area contributed by atoms with Crippen molar-refractivity contribution in [3.05, 3.63) is 65.7 Å². The molecule has 0 radical (unpaired) electrons. The first-order valence-corrected chi connectivity index (χ1v) is 12.7. The number of nitrogens with zero attached hydrogens (tertiary/aromatic N) is 3. The Hall–Kier alpha value is -2.41. The summed E-state index contributed by atoms with van der Waals surface area (Å²) in [6, 6.07) is 19.2. The van der Waals surface area contributed by atoms with Gasteiger partial charge in [0.15, 0.2) is 0 Å². The van der Waals surface area contributed by atoms with Crippen LogP contribution in [0.4, 0.5) is 0 Å². The van der Waals surface area contributed by atoms with E-state index in [1.165, 1.54) is 12.0 Å². The molecule has 0 aromatic heterocycles. The molecule has 2 heterocycles. The van der Waals surface area contributed by atoms with E-state index in [1.807, 2.05) is 24.3 Å². The number of hydrogen-bond donors (Lipinski definition) is 1. The third kappa shape index (κ3) is 6.81. The molecule has 2 atom stereocenters. The van der Waals surface area contributed by atoms with Crippen molar-refractivity contribution >= 4 is 5.91 Å². The number of carbonyl (C=O) groups is 1. The van der Waals surface area contributed by atoms with Gasteiger partial charge in [0, 0.05) is 63.8 Å². The average molecular weight is 465 g/mol. The van der Waals surface area contributed by atoms with Crippen molar-refractivity contribution in [2.24, 2.45) is 5.92 Å². The smallest absolute Gasteiger partial charge is 0.220 e. The molecular formula is C28H40N4O2. The number of likely N-dealkylation sites (tertiary alicyclic amines) is 1. The van der Waals surface area contributed by atoms with Crippen molar-refractivity contribution in [3.63, 3.8) is 0 Å². The molecule has 184 valence electrons. The minimum atomic E-state index is 0.128. The Bertz CT molecular complexity index is 898. The highest BCUT2D eigenvalue weighted by Gasteiger charge is 2.34. The van der Waals surface area contributed by atoms with Gasteiger partial charge in [-0.15, -0.1) is 0 Å². The van der Waals surface area contributed by atoms with Crippen LogP contribution in [-0.4, -0.2) is 80.1 Å². The van der Waals surface area contributed by atoms with Gasteiger partial charge in [-0.05, 0) is 44.0 Å². The van der Waals surface area contributed by atoms with Crippen LogP contribution in [0.1, 0.15) is 30.4 Å². The van der Waals surface area contributed by atoms with Crippen molar-refractivity contribution < 1.29 is 9.53 Å². The zero-order chi connectivity index (χ0) is 23.8. The molecule has 34 heavy (non-hydrogen) atoms. The van der Waals surface area contributed by atoms with E-state index in [2.05, 4.69) is 57.4 Å². The minimum Gasteiger partial charge on any atom is -0.496 e. The second kappa shape index (κ2) is 12.3. The number of methoxy groups -OCH3 is 1. The lowest BCUT2D eigenvalue weighted by molar-refractivity contribution is -0.121. The summed E-state index contributed by atoms with van der Waals surface area (Å²) in [4.78, 5) is 20.5. The zero-order valence-electron chi connectivity index (χ0n) is 20.8. The lowest BCUT2D eigenvalue weighted by atomic mass is 9.86. The molecule has 2 aromatic carbocycles. The summed E-state index contributed by atoms with van der Waals surface area (Å²) in [5, 5.41) is 3.11. The number of amides is 1. The number of piperidine rings is 1. The fraction of sp³-hybridized carbons (Fsp3) is 0.536. The maximum atomic E-state index is 12.8. The van der Waals surface area contributed by atoms with E-state index in [4.69, 9.17) is 4.74 Å². The highest BCUT2D eigenvalue weighted by atomic mass is 16.5. The minimum absolute atomic E-state index is 0.128. The normalized spacial score (nSPS) is 22.4. The highest BCUT2D eigenvalue weighted by molar-refractivity contribution is 5.75. The van der Waals surface area contributed by atoms with Crippen LogP contribution in [0.2, 0.25) is 0 Å². The molecule has 0 aliphatic carbocycles. The highest BCUT2D eigenvalue weighted by Crippen LogP contribution is 2.28. The maximum Gasteiger partial charge on any atom is 0.220 e. The van der Waals surface area contributed by atoms with E-state index in [9.17, 15) is 4.79 Å². The number of ether oxygens (including phenoxy) is 1. The average Bonchev–Trinajstić information content (AvgIpc) is 2.87. The summed E-state index contributed by atoms with van der Waals surface area (Å²) in [5.74, 6) is 1.46. The van der Waals surface area contributed by atoms with E-state index < -0.39 is 0 Å². The van der Waals surface area contributed by atoms with Gasteiger partial charge in [-0.3, -0.25) is 14.6 Å². The van der Waals surface area contributed by atoms with Gasteiger partial charge < -0.3 is 15.0 Å². The van der Waals surface area contributed by atoms with Crippen LogP contribution in [0.15, 0.2) is 54.6 Å². The number of piperazine rings is 1. The molecule has 1 N–H and O–H groups in total. The van der Waals surface area contributed by atoms with Gasteiger partial charge in [-0.1, -0.05) is 48.5 Å². The van der Waals surface area contributed by atoms with Crippen LogP contribution in [-0.2, 0) is 17.9 Å². The number of rotatable bonds is 9. The molecular weight excluding hydrogens is 424 g/mol. The number of nitrogens with one attached hydrogen (secondary N) is 1. The van der Waals surface area contributed by atoms with Crippen LogP contribution in [0, 0.1) is 5.92 Å². The van der Waals surface area contributed by atoms with Gasteiger partial charge in [0.05, 0.1) is 7.11 Å². The van der Waals surface area contributed by atoms with Crippen molar-refractivity contribution in [1.82, 2.24) is 20.0 Å². The van der Waals surface area contributed by atoms with E-state index in [0.29, 0.717) is 24.9 Å². The molecule has 0 bridgehead atoms. The van der Waals surface area contributed by atoms with E-state index in [1.54, 1.807) is 7.11 Å². The summed E-state index contributed by atoms with van der Waals surface area (Å²) < 4.78 is 5.42. The molecule has 2 aliphatic rings. The fourth-order valence-electron chi connectivity index (χ4n) is 5.45. The molecule has 2 fully saturated rings. The second-order valence-corrected chi connectivity index (χ2v) is 9.80. The van der Waals surface area contributed by atoms with Crippen molar-refractivity contribution in [1.29, 1.82) is 0 Å². The first-order valence-electron chi connectivity index (χ1n) is 12.7. The van der Waals surface area contributed by atoms with E-state index in [-0.39, 0.29) is 5.91 Å². The topological polar surface area (TPSA) is 48.1 Å². The third-order valence-corrected chi connectivity index (χ3v) is 7.44. The first-order chi connectivity index (χ1) is 16.6. The molecule has 0 unspecified atom stereocenters. The lowest BCUT2D eigenvalue weighted by Gasteiger charge is -2.46. The van der Waals surface area contributed by atoms with Crippen molar-refractivity contribution in [2.45, 2.75) is 38.4 Å². The summed E-state index contributed by atoms with van der Waals surface area (Å²) in [6.45, 7) is 8.23. The number of carbonyl (C=O) groups excluding carboxylic acids is 1. The van der Waals surface area contributed by atoms with Gasteiger partial charge in [0.2, 0.25) is 5.91 Å². The Labute approximate surface area is 204 Å². The summed E-state index contributed by atoms with van der Waals surface area (Å²) >= 11 is 0. The number of likely N-dealkylation sites (N-methyl/N-ethyl adjacent to an activating group) is 1. The van der Waals surface area contributed by atoms with Gasteiger partial charge >= 0.3 is 0 Å². The first kappa shape index (κ1) is 24.7. The lowest BCUT2D eigenvalue weighted by Crippen LogP contribution is -2.56. The molecule has 2 aromatic rings. The SMILES string of the molecule is COc1ccccc1CNC(=O)CC[C@H]1CN(Cc2ccccc2)CC[C@H]1N1CCN(C)CC1. The third-order valence-electron chi connectivity index (χ3n) is 7.44. The number of benzene rings is 2. The van der Waals surface area contributed by atoms with Crippen LogP contribution in [0.5, 0.6) is 5.75 Å². The predicted octanol–water partition coefficient (Wildman–Crippen LogP) is 3.23. The monoisotopic (exact) mass is 464 g/mol. The van der Waals surface area contributed by atoms with Crippen LogP contribution in [0.3, 0.4) is 0 Å². The predicted molar refractivity (Wildman–Crippen MR) is 137 cm³/mol. The summed E-state index contributed by atoms with van der Waals surface area (Å²) in [5.41, 5.74) is 2.38. The van der Waals surface area contributed by atoms with Gasteiger partial charge in [0.25, 0.3) is 0 Å². The van der Waals surface area contributed by atoms with Crippen LogP contribution >= 0.6 is 0 Å². The summed E-state index contributed by atoms with van der Waals surface area (Å²) in [7, 11) is 3.88. The number of para-hydroxylation sites is 1. The molecule has 2 aliphatic heterocycles. The molecule has 6 nitrogen and oxygen atoms in total. The van der Waals surface area contributed by atoms with Gasteiger partial charge in [-0.25, -0.2) is 0 Å². The van der Waals surface area contributed by atoms with Crippen molar-refractivity contribution in [2.75, 3.05) is 53.4 Å². The molecule has 2 saturated heterocycles. The Morgan fingerprint density at radius 2 is 1.74 bits per heavy atom.